The van der Waals surface area contributed by atoms with Gasteiger partial charge in [-0.1, -0.05) is 32.0 Å². The van der Waals surface area contributed by atoms with Crippen LogP contribution >= 0.6 is 0 Å². The number of anilines is 3. The van der Waals surface area contributed by atoms with E-state index in [0.29, 0.717) is 112 Å². The van der Waals surface area contributed by atoms with Gasteiger partial charge in [0.1, 0.15) is 34.4 Å². The molecule has 6 aromatic rings. The van der Waals surface area contributed by atoms with Crippen LogP contribution in [0.2, 0.25) is 0 Å². The van der Waals surface area contributed by atoms with E-state index >= 15 is 0 Å². The molecule has 0 radical (unpaired) electrons. The Morgan fingerprint density at radius 1 is 0.961 bits per heavy atom. The SMILES string of the molecule is Cc1n[nH]c(Nc2ncnc3cc(OCCCN4CCN(C(=O)c5ccc6c(c5)C(=O)N(C[C@H]5CN[C@H](C)CN5CC(=O)N5CC(C)(C)c7ncc(Cc8ccc(F)cc8)cc75)C6)CC4)c(S(=O)(=O)C(C)(C)C)cc23)c1C. The summed E-state index contributed by atoms with van der Waals surface area (Å²) in [7, 11) is -3.85. The van der Waals surface area contributed by atoms with Gasteiger partial charge in [0, 0.05) is 117 Å². The molecule has 77 heavy (non-hydrogen) atoms. The standard InChI is InChI=1S/C57H69FN12O6S/c1-35-29-68(32-50(71)70-33-57(7,8)51-47(70)23-39(27-60-51)22-38-10-14-42(58)15-11-38)43(28-59-35)31-69-30-41-13-12-40(24-44(41)55(69)73)54(72)67-19-17-66(18-20-67)16-9-21-76-48-26-46-45(25-49(48)77(74,75)56(4,5)6)53(62-34-61-46)63-52-36(2)37(3)64-65-52/h10-15,23-27,34-35,43,59H,9,16-22,28-33H2,1-8H3,(H2,61,62,63,64,65)/t35-,43-/m1/s1. The molecular weight excluding hydrogens is 1000 g/mol. The van der Waals surface area contributed by atoms with Crippen molar-refractivity contribution in [3.8, 4) is 5.75 Å². The molecular formula is C57H69FN12O6S. The Labute approximate surface area is 449 Å². The molecule has 0 bridgehead atoms. The molecule has 0 spiro atoms. The molecule has 10 rings (SSSR count). The van der Waals surface area contributed by atoms with E-state index in [1.807, 2.05) is 52.9 Å². The van der Waals surface area contributed by atoms with Gasteiger partial charge in [-0.15, -0.1) is 0 Å². The van der Waals surface area contributed by atoms with E-state index in [4.69, 9.17) is 9.72 Å². The zero-order valence-corrected chi connectivity index (χ0v) is 46.1. The van der Waals surface area contributed by atoms with Gasteiger partial charge in [0.2, 0.25) is 5.91 Å². The van der Waals surface area contributed by atoms with Crippen LogP contribution in [0, 0.1) is 19.7 Å². The molecule has 3 N–H and O–H groups in total. The molecule has 2 atom stereocenters. The molecule has 2 saturated heterocycles. The topological polar surface area (TPSA) is 202 Å². The molecule has 7 heterocycles. The number of benzene rings is 3. The number of ether oxygens (including phenoxy) is 1. The van der Waals surface area contributed by atoms with Crippen LogP contribution in [0.5, 0.6) is 5.75 Å². The van der Waals surface area contributed by atoms with Crippen LogP contribution < -0.4 is 20.3 Å². The fourth-order valence-electron chi connectivity index (χ4n) is 10.9. The van der Waals surface area contributed by atoms with Crippen molar-refractivity contribution in [2.24, 2.45) is 0 Å². The van der Waals surface area contributed by atoms with Gasteiger partial charge in [0.25, 0.3) is 11.8 Å². The molecule has 2 fully saturated rings. The lowest BCUT2D eigenvalue weighted by Crippen LogP contribution is -2.60. The lowest BCUT2D eigenvalue weighted by molar-refractivity contribution is -0.120. The van der Waals surface area contributed by atoms with E-state index in [1.54, 1.807) is 51.1 Å². The number of halogens is 1. The van der Waals surface area contributed by atoms with E-state index in [1.165, 1.54) is 18.5 Å². The number of aryl methyl sites for hydroxylation is 1. The number of piperazine rings is 2. The number of aromatic nitrogens is 5. The average Bonchev–Trinajstić information content (AvgIpc) is 4.02. The highest BCUT2D eigenvalue weighted by Gasteiger charge is 2.42. The molecule has 0 aliphatic carbocycles. The van der Waals surface area contributed by atoms with E-state index in [-0.39, 0.29) is 64.8 Å². The van der Waals surface area contributed by atoms with Crippen LogP contribution in [-0.4, -0.2) is 160 Å². The quantitative estimate of drug-likeness (QED) is 0.0931. The highest BCUT2D eigenvalue weighted by atomic mass is 32.2. The van der Waals surface area contributed by atoms with E-state index in [0.717, 1.165) is 39.3 Å². The van der Waals surface area contributed by atoms with Gasteiger partial charge >= 0.3 is 0 Å². The van der Waals surface area contributed by atoms with E-state index < -0.39 is 14.6 Å². The highest BCUT2D eigenvalue weighted by Crippen LogP contribution is 2.41. The number of nitrogens with one attached hydrogen (secondary N) is 3. The summed E-state index contributed by atoms with van der Waals surface area (Å²) < 4.78 is 46.8. The largest absolute Gasteiger partial charge is 0.492 e. The molecule has 3 aromatic carbocycles. The second kappa shape index (κ2) is 21.2. The van der Waals surface area contributed by atoms with Gasteiger partial charge in [-0.2, -0.15) is 5.10 Å². The first-order valence-corrected chi connectivity index (χ1v) is 28.0. The summed E-state index contributed by atoms with van der Waals surface area (Å²) in [4.78, 5) is 66.2. The summed E-state index contributed by atoms with van der Waals surface area (Å²) in [5, 5.41) is 14.6. The first-order valence-electron chi connectivity index (χ1n) is 26.5. The van der Waals surface area contributed by atoms with Gasteiger partial charge in [0.15, 0.2) is 9.84 Å². The zero-order chi connectivity index (χ0) is 54.6. The number of fused-ring (bicyclic) bond motifs is 3. The summed E-state index contributed by atoms with van der Waals surface area (Å²) in [5.74, 6) is 0.769. The number of sulfone groups is 1. The molecule has 4 aliphatic rings. The van der Waals surface area contributed by atoms with Crippen LogP contribution in [-0.2, 0) is 33.0 Å². The van der Waals surface area contributed by atoms with Crippen LogP contribution in [0.4, 0.5) is 21.7 Å². The molecule has 20 heteroatoms. The number of amides is 3. The third-order valence-electron chi connectivity index (χ3n) is 15.6. The van der Waals surface area contributed by atoms with Gasteiger partial charge < -0.3 is 30.1 Å². The summed E-state index contributed by atoms with van der Waals surface area (Å²) in [6.07, 6.45) is 4.46. The maximum absolute atomic E-state index is 14.4. The molecule has 3 aromatic heterocycles. The molecule has 4 aliphatic heterocycles. The predicted molar refractivity (Wildman–Crippen MR) is 293 cm³/mol. The van der Waals surface area contributed by atoms with Crippen LogP contribution in [0.3, 0.4) is 0 Å². The number of nitrogens with zero attached hydrogens (tertiary/aromatic N) is 9. The fraction of sp³-hybridized carbons (Fsp3) is 0.456. The van der Waals surface area contributed by atoms with Crippen molar-refractivity contribution in [3.63, 3.8) is 0 Å². The number of hydrogen-bond acceptors (Lipinski definition) is 14. The third kappa shape index (κ3) is 11.0. The summed E-state index contributed by atoms with van der Waals surface area (Å²) in [5.41, 5.74) is 7.40. The number of carbonyl (C=O) groups excluding carboxylic acids is 3. The van der Waals surface area contributed by atoms with Crippen LogP contribution in [0.1, 0.15) is 102 Å². The second-order valence-electron chi connectivity index (χ2n) is 22.8. The predicted octanol–water partition coefficient (Wildman–Crippen LogP) is 6.58. The Kier molecular flexibility index (Phi) is 14.7. The van der Waals surface area contributed by atoms with Crippen molar-refractivity contribution < 1.29 is 31.9 Å². The van der Waals surface area contributed by atoms with Crippen molar-refractivity contribution in [3.05, 3.63) is 124 Å². The summed E-state index contributed by atoms with van der Waals surface area (Å²) in [6.45, 7) is 21.2. The zero-order valence-electron chi connectivity index (χ0n) is 45.2. The normalized spacial score (nSPS) is 19.0. The number of pyridine rings is 1. The van der Waals surface area contributed by atoms with Crippen molar-refractivity contribution in [1.82, 2.24) is 50.1 Å². The molecule has 0 saturated carbocycles. The van der Waals surface area contributed by atoms with Crippen molar-refractivity contribution >= 4 is 55.8 Å². The minimum Gasteiger partial charge on any atom is -0.492 e. The van der Waals surface area contributed by atoms with Gasteiger partial charge in [0.05, 0.1) is 40.5 Å². The first kappa shape index (κ1) is 53.5. The van der Waals surface area contributed by atoms with Crippen molar-refractivity contribution in [2.45, 2.75) is 102 Å². The number of rotatable bonds is 15. The lowest BCUT2D eigenvalue weighted by atomic mass is 9.91. The minimum atomic E-state index is -3.85. The van der Waals surface area contributed by atoms with Crippen molar-refractivity contribution in [1.29, 1.82) is 0 Å². The highest BCUT2D eigenvalue weighted by molar-refractivity contribution is 7.92. The first-order chi connectivity index (χ1) is 36.6. The Morgan fingerprint density at radius 2 is 1.73 bits per heavy atom. The molecule has 18 nitrogen and oxygen atoms in total. The van der Waals surface area contributed by atoms with E-state index in [2.05, 4.69) is 61.4 Å². The maximum Gasteiger partial charge on any atom is 0.254 e. The van der Waals surface area contributed by atoms with E-state index in [9.17, 15) is 27.2 Å². The molecule has 3 amide bonds. The fourth-order valence-corrected chi connectivity index (χ4v) is 12.2. The van der Waals surface area contributed by atoms with Gasteiger partial charge in [-0.05, 0) is 107 Å². The number of H-pyrrole nitrogens is 1. The monoisotopic (exact) mass is 1070 g/mol. The smallest absolute Gasteiger partial charge is 0.254 e. The Balaban J connectivity index is 0.731. The van der Waals surface area contributed by atoms with Gasteiger partial charge in [-0.25, -0.2) is 22.8 Å². The number of carbonyl (C=O) groups is 3. The number of hydrogen-bond donors (Lipinski definition) is 3. The lowest BCUT2D eigenvalue weighted by Gasteiger charge is -2.41. The summed E-state index contributed by atoms with van der Waals surface area (Å²) in [6, 6.07) is 17.2. The Morgan fingerprint density at radius 3 is 2.45 bits per heavy atom. The van der Waals surface area contributed by atoms with Crippen LogP contribution in [0.25, 0.3) is 10.9 Å². The minimum absolute atomic E-state index is 0.0242. The average molecular weight is 1070 g/mol. The Bertz CT molecular complexity index is 3350. The van der Waals surface area contributed by atoms with Crippen LogP contribution in [0.15, 0.2) is 78.1 Å². The summed E-state index contributed by atoms with van der Waals surface area (Å²) >= 11 is 0. The third-order valence-corrected chi connectivity index (χ3v) is 18.1. The molecule has 0 unspecified atom stereocenters. The Hall–Kier alpha value is -6.87. The second-order valence-corrected chi connectivity index (χ2v) is 25.4. The molecule has 406 valence electrons. The maximum atomic E-state index is 14.4. The van der Waals surface area contributed by atoms with Gasteiger partial charge in [-0.3, -0.25) is 34.3 Å². The number of aromatic amines is 1. The van der Waals surface area contributed by atoms with Crippen molar-refractivity contribution in [2.75, 3.05) is 82.3 Å².